The number of aromatic hydroxyl groups is 1. The van der Waals surface area contributed by atoms with Crippen LogP contribution >= 0.6 is 0 Å². The number of hydrogen-bond donors (Lipinski definition) is 2. The molecule has 0 saturated heterocycles. The van der Waals surface area contributed by atoms with Crippen LogP contribution in [-0.4, -0.2) is 50.5 Å². The molecule has 8 nitrogen and oxygen atoms in total. The number of carbonyl (C=O) groups excluding carboxylic acids is 6. The summed E-state index contributed by atoms with van der Waals surface area (Å²) in [5.74, 6) is -10.1. The Bertz CT molecular complexity index is 1340. The molecule has 204 valence electrons. The zero-order chi connectivity index (χ0) is 28.9. The van der Waals surface area contributed by atoms with Crippen LogP contribution in [0.1, 0.15) is 99.6 Å². The molecule has 3 aliphatic carbocycles. The third-order valence-corrected chi connectivity index (χ3v) is 9.42. The van der Waals surface area contributed by atoms with Crippen LogP contribution in [-0.2, 0) is 25.6 Å². The van der Waals surface area contributed by atoms with Gasteiger partial charge in [0.1, 0.15) is 17.5 Å². The van der Waals surface area contributed by atoms with Gasteiger partial charge in [-0.05, 0) is 61.1 Å². The van der Waals surface area contributed by atoms with Gasteiger partial charge in [0, 0.05) is 11.3 Å². The van der Waals surface area contributed by atoms with E-state index >= 15 is 0 Å². The predicted molar refractivity (Wildman–Crippen MR) is 137 cm³/mol. The zero-order valence-corrected chi connectivity index (χ0v) is 23.2. The maximum absolute atomic E-state index is 14.3. The number of rotatable bonds is 4. The van der Waals surface area contributed by atoms with Crippen LogP contribution in [0, 0.1) is 34.5 Å². The molecule has 0 bridgehead atoms. The Morgan fingerprint density at radius 3 is 2.05 bits per heavy atom. The number of phenolic OH excluding ortho intramolecular Hbond substituents is 1. The summed E-state index contributed by atoms with van der Waals surface area (Å²) in [6, 6.07) is 1.59. The SMILES string of the molecule is CC(=O)c1cc(C(C)C)c2c(c1O)C(=O)C1C(=O)[C@@]3(O)C(=O)C(C(C)=O)C(=O)C(C(C)C)[C@@]3(C)C[C@@]1(C)C2. The normalized spacial score (nSPS) is 34.8. The van der Waals surface area contributed by atoms with Crippen molar-refractivity contribution in [2.75, 3.05) is 0 Å². The second-order valence-electron chi connectivity index (χ2n) is 12.8. The molecule has 4 rings (SSSR count). The van der Waals surface area contributed by atoms with Crippen molar-refractivity contribution in [2.24, 2.45) is 34.5 Å². The minimum atomic E-state index is -2.74. The van der Waals surface area contributed by atoms with Gasteiger partial charge in [0.2, 0.25) is 0 Å². The monoisotopic (exact) mass is 524 g/mol. The van der Waals surface area contributed by atoms with Gasteiger partial charge in [-0.15, -0.1) is 0 Å². The Morgan fingerprint density at radius 1 is 1.00 bits per heavy atom. The van der Waals surface area contributed by atoms with E-state index in [2.05, 4.69) is 0 Å². The highest BCUT2D eigenvalue weighted by molar-refractivity contribution is 6.32. The average Bonchev–Trinajstić information content (AvgIpc) is 2.75. The standard InChI is InChI=1S/C30H36O8/c1-12(2)16-9-17(14(5)31)23(33)20-18(16)10-28(7)11-29(8)21(13(3)4)24(34)19(15(6)32)26(36)30(29,38)27(37)22(28)25(20)35/h9,12-13,19,21-22,33,38H,10-11H2,1-8H3/t19?,21?,22?,28-,29-,30+/m1/s1. The van der Waals surface area contributed by atoms with Crippen LogP contribution in [0.5, 0.6) is 5.75 Å². The van der Waals surface area contributed by atoms with E-state index in [4.69, 9.17) is 0 Å². The lowest BCUT2D eigenvalue weighted by atomic mass is 9.39. The lowest BCUT2D eigenvalue weighted by molar-refractivity contribution is -0.205. The molecule has 8 heteroatoms. The fourth-order valence-corrected chi connectivity index (χ4v) is 8.01. The first-order valence-corrected chi connectivity index (χ1v) is 13.2. The lowest BCUT2D eigenvalue weighted by Gasteiger charge is -2.62. The van der Waals surface area contributed by atoms with Crippen LogP contribution in [0.2, 0.25) is 0 Å². The molecule has 0 spiro atoms. The maximum Gasteiger partial charge on any atom is 0.190 e. The van der Waals surface area contributed by atoms with Crippen LogP contribution < -0.4 is 0 Å². The summed E-state index contributed by atoms with van der Waals surface area (Å²) in [7, 11) is 0. The van der Waals surface area contributed by atoms with Crippen molar-refractivity contribution in [3.05, 3.63) is 28.3 Å². The highest BCUT2D eigenvalue weighted by Crippen LogP contribution is 2.64. The molecule has 3 unspecified atom stereocenters. The van der Waals surface area contributed by atoms with E-state index in [1.807, 2.05) is 13.8 Å². The van der Waals surface area contributed by atoms with Crippen LogP contribution in [0.3, 0.4) is 0 Å². The van der Waals surface area contributed by atoms with Gasteiger partial charge in [0.05, 0.1) is 17.0 Å². The Hall–Kier alpha value is -3.00. The first kappa shape index (κ1) is 28.0. The van der Waals surface area contributed by atoms with Crippen molar-refractivity contribution in [3.63, 3.8) is 0 Å². The summed E-state index contributed by atoms with van der Waals surface area (Å²) in [6.45, 7) is 12.9. The molecular weight excluding hydrogens is 488 g/mol. The van der Waals surface area contributed by atoms with Crippen LogP contribution in [0.15, 0.2) is 6.07 Å². The number of ketones is 6. The average molecular weight is 525 g/mol. The molecule has 2 saturated carbocycles. The fraction of sp³-hybridized carbons (Fsp3) is 0.600. The van der Waals surface area contributed by atoms with E-state index in [-0.39, 0.29) is 29.9 Å². The molecule has 6 atom stereocenters. The van der Waals surface area contributed by atoms with Gasteiger partial charge in [0.25, 0.3) is 0 Å². The van der Waals surface area contributed by atoms with Gasteiger partial charge >= 0.3 is 0 Å². The molecule has 3 aliphatic rings. The summed E-state index contributed by atoms with van der Waals surface area (Å²) in [5, 5.41) is 23.1. The van der Waals surface area contributed by atoms with Crippen LogP contribution in [0.25, 0.3) is 0 Å². The first-order valence-electron chi connectivity index (χ1n) is 13.2. The van der Waals surface area contributed by atoms with E-state index in [0.717, 1.165) is 6.92 Å². The second kappa shape index (κ2) is 8.50. The number of hydrogen-bond acceptors (Lipinski definition) is 8. The number of Topliss-reactive ketones (excluding diaryl/α,β-unsaturated/α-hetero) is 6. The summed E-state index contributed by atoms with van der Waals surface area (Å²) in [4.78, 5) is 80.4. The maximum atomic E-state index is 14.3. The molecule has 0 heterocycles. The van der Waals surface area contributed by atoms with Crippen molar-refractivity contribution < 1.29 is 39.0 Å². The largest absolute Gasteiger partial charge is 0.506 e. The molecule has 1 aromatic carbocycles. The van der Waals surface area contributed by atoms with Crippen LogP contribution in [0.4, 0.5) is 0 Å². The number of benzene rings is 1. The van der Waals surface area contributed by atoms with Gasteiger partial charge < -0.3 is 10.2 Å². The number of carbonyl (C=O) groups is 6. The van der Waals surface area contributed by atoms with Crippen molar-refractivity contribution in [1.29, 1.82) is 0 Å². The van der Waals surface area contributed by atoms with Crippen molar-refractivity contribution in [3.8, 4) is 5.75 Å². The zero-order valence-electron chi connectivity index (χ0n) is 23.2. The Morgan fingerprint density at radius 2 is 1.58 bits per heavy atom. The van der Waals surface area contributed by atoms with Crippen molar-refractivity contribution in [2.45, 2.75) is 79.8 Å². The second-order valence-corrected chi connectivity index (χ2v) is 12.8. The molecule has 2 fully saturated rings. The van der Waals surface area contributed by atoms with E-state index in [0.29, 0.717) is 11.1 Å². The minimum Gasteiger partial charge on any atom is -0.506 e. The third kappa shape index (κ3) is 3.31. The van der Waals surface area contributed by atoms with Gasteiger partial charge in [-0.3, -0.25) is 28.8 Å². The van der Waals surface area contributed by atoms with E-state index < -0.39 is 80.6 Å². The smallest absolute Gasteiger partial charge is 0.190 e. The highest BCUT2D eigenvalue weighted by Gasteiger charge is 2.76. The molecule has 0 aliphatic heterocycles. The van der Waals surface area contributed by atoms with Gasteiger partial charge in [-0.25, -0.2) is 0 Å². The van der Waals surface area contributed by atoms with E-state index in [1.165, 1.54) is 6.92 Å². The molecular formula is C30H36O8. The Labute approximate surface area is 222 Å². The summed E-state index contributed by atoms with van der Waals surface area (Å²) in [6.07, 6.45) is 0.161. The molecule has 0 aromatic heterocycles. The van der Waals surface area contributed by atoms with Crippen molar-refractivity contribution in [1.82, 2.24) is 0 Å². The molecule has 38 heavy (non-hydrogen) atoms. The Kier molecular flexibility index (Phi) is 6.27. The summed E-state index contributed by atoms with van der Waals surface area (Å²) < 4.78 is 0. The third-order valence-electron chi connectivity index (χ3n) is 9.42. The van der Waals surface area contributed by atoms with Crippen molar-refractivity contribution >= 4 is 34.7 Å². The first-order chi connectivity index (χ1) is 17.4. The fourth-order valence-electron chi connectivity index (χ4n) is 8.01. The molecule has 1 aromatic rings. The lowest BCUT2D eigenvalue weighted by Crippen LogP contribution is -2.76. The molecule has 0 radical (unpaired) electrons. The molecule has 0 amide bonds. The van der Waals surface area contributed by atoms with E-state index in [1.54, 1.807) is 33.8 Å². The minimum absolute atomic E-state index is 0.00417. The number of aliphatic hydroxyl groups is 1. The number of phenols is 1. The predicted octanol–water partition coefficient (Wildman–Crippen LogP) is 3.42. The summed E-state index contributed by atoms with van der Waals surface area (Å²) >= 11 is 0. The quantitative estimate of drug-likeness (QED) is 0.451. The number of fused-ring (bicyclic) bond motifs is 3. The topological polar surface area (TPSA) is 143 Å². The Balaban J connectivity index is 2.03. The van der Waals surface area contributed by atoms with Gasteiger partial charge in [-0.2, -0.15) is 0 Å². The van der Waals surface area contributed by atoms with Gasteiger partial charge in [-0.1, -0.05) is 41.5 Å². The van der Waals surface area contributed by atoms with Gasteiger partial charge in [0.15, 0.2) is 34.5 Å². The van der Waals surface area contributed by atoms with E-state index in [9.17, 15) is 39.0 Å². The molecule has 2 N–H and O–H groups in total. The highest BCUT2D eigenvalue weighted by atomic mass is 16.3. The summed E-state index contributed by atoms with van der Waals surface area (Å²) in [5.41, 5.74) is -4.32.